The van der Waals surface area contributed by atoms with Gasteiger partial charge < -0.3 is 4.90 Å². The van der Waals surface area contributed by atoms with Gasteiger partial charge in [-0.05, 0) is 57.0 Å². The molecule has 1 saturated carbocycles. The van der Waals surface area contributed by atoms with Gasteiger partial charge in [0.2, 0.25) is 15.9 Å². The molecule has 0 saturated heterocycles. The molecule has 1 aromatic carbocycles. The van der Waals surface area contributed by atoms with Crippen molar-refractivity contribution in [3.63, 3.8) is 0 Å². The van der Waals surface area contributed by atoms with Gasteiger partial charge in [0.05, 0.1) is 11.4 Å². The maximum absolute atomic E-state index is 12.9. The van der Waals surface area contributed by atoms with Crippen molar-refractivity contribution in [2.75, 3.05) is 18.5 Å². The number of hydrogen-bond donors (Lipinski definition) is 1. The van der Waals surface area contributed by atoms with Gasteiger partial charge in [-0.1, -0.05) is 19.3 Å². The highest BCUT2D eigenvalue weighted by Crippen LogP contribution is 2.34. The van der Waals surface area contributed by atoms with E-state index in [0.717, 1.165) is 24.1 Å². The van der Waals surface area contributed by atoms with Crippen molar-refractivity contribution < 1.29 is 13.2 Å². The molecule has 7 heteroatoms. The second-order valence-corrected chi connectivity index (χ2v) is 8.92. The van der Waals surface area contributed by atoms with E-state index >= 15 is 0 Å². The lowest BCUT2D eigenvalue weighted by Crippen LogP contribution is -2.45. The number of hydrogen-bond acceptors (Lipinski definition) is 4. The lowest BCUT2D eigenvalue weighted by atomic mass is 9.94. The predicted molar refractivity (Wildman–Crippen MR) is 98.0 cm³/mol. The second kappa shape index (κ2) is 7.05. The summed E-state index contributed by atoms with van der Waals surface area (Å²) >= 11 is 0. The molecule has 1 heterocycles. The number of nitrogens with zero attached hydrogens (tertiary/aromatic N) is 2. The molecular weight excluding hydrogens is 338 g/mol. The standard InChI is InChI=1S/C18H27N3O3S/c1-13-10-14-11-16(25(19,23)24)8-9-17(14)21(13)18(22)12-20(2)15-6-4-3-5-7-15/h8-9,11,13,15H,3-7,10,12H2,1-2H3,(H2,19,23,24). The number of likely N-dealkylation sites (N-methyl/N-ethyl adjacent to an activating group) is 1. The molecule has 0 radical (unpaired) electrons. The van der Waals surface area contributed by atoms with E-state index in [1.807, 2.05) is 18.9 Å². The number of fused-ring (bicyclic) bond motifs is 1. The van der Waals surface area contributed by atoms with E-state index in [2.05, 4.69) is 4.90 Å². The van der Waals surface area contributed by atoms with E-state index in [0.29, 0.717) is 19.0 Å². The highest BCUT2D eigenvalue weighted by atomic mass is 32.2. The van der Waals surface area contributed by atoms with Gasteiger partial charge in [0.15, 0.2) is 0 Å². The average molecular weight is 365 g/mol. The Balaban J connectivity index is 1.76. The van der Waals surface area contributed by atoms with Crippen molar-refractivity contribution in [2.45, 2.75) is 62.4 Å². The molecule has 2 aliphatic rings. The van der Waals surface area contributed by atoms with E-state index in [1.54, 1.807) is 12.1 Å². The average Bonchev–Trinajstić information content (AvgIpc) is 2.89. The molecule has 2 N–H and O–H groups in total. The van der Waals surface area contributed by atoms with Gasteiger partial charge in [-0.25, -0.2) is 13.6 Å². The van der Waals surface area contributed by atoms with E-state index in [-0.39, 0.29) is 16.8 Å². The van der Waals surface area contributed by atoms with Gasteiger partial charge in [0.1, 0.15) is 0 Å². The molecule has 138 valence electrons. The van der Waals surface area contributed by atoms with Crippen LogP contribution in [0.25, 0.3) is 0 Å². The van der Waals surface area contributed by atoms with Crippen molar-refractivity contribution in [1.29, 1.82) is 0 Å². The molecule has 0 aromatic heterocycles. The Bertz CT molecular complexity index is 757. The molecular formula is C18H27N3O3S. The number of carbonyl (C=O) groups excluding carboxylic acids is 1. The number of nitrogens with two attached hydrogens (primary N) is 1. The van der Waals surface area contributed by atoms with Crippen LogP contribution in [-0.2, 0) is 21.2 Å². The van der Waals surface area contributed by atoms with Gasteiger partial charge in [0, 0.05) is 17.8 Å². The Morgan fingerprint density at radius 2 is 1.96 bits per heavy atom. The first-order valence-electron chi connectivity index (χ1n) is 8.95. The highest BCUT2D eigenvalue weighted by molar-refractivity contribution is 7.89. The Kier molecular flexibility index (Phi) is 5.18. The van der Waals surface area contributed by atoms with Crippen molar-refractivity contribution >= 4 is 21.6 Å². The Morgan fingerprint density at radius 1 is 1.28 bits per heavy atom. The molecule has 1 amide bonds. The Hall–Kier alpha value is -1.44. The van der Waals surface area contributed by atoms with Crippen LogP contribution in [0.4, 0.5) is 5.69 Å². The summed E-state index contributed by atoms with van der Waals surface area (Å²) < 4.78 is 23.1. The number of sulfonamides is 1. The molecule has 3 rings (SSSR count). The molecule has 6 nitrogen and oxygen atoms in total. The first-order chi connectivity index (χ1) is 11.8. The zero-order valence-electron chi connectivity index (χ0n) is 14.9. The van der Waals surface area contributed by atoms with E-state index in [4.69, 9.17) is 5.14 Å². The molecule has 1 fully saturated rings. The number of carbonyl (C=O) groups is 1. The molecule has 25 heavy (non-hydrogen) atoms. The third-order valence-corrected chi connectivity index (χ3v) is 6.36. The molecule has 1 aliphatic carbocycles. The maximum atomic E-state index is 12.9. The normalized spacial score (nSPS) is 21.6. The third kappa shape index (κ3) is 3.88. The van der Waals surface area contributed by atoms with Crippen LogP contribution in [0.2, 0.25) is 0 Å². The Morgan fingerprint density at radius 3 is 2.60 bits per heavy atom. The summed E-state index contributed by atoms with van der Waals surface area (Å²) in [6.45, 7) is 2.39. The van der Waals surface area contributed by atoms with Crippen LogP contribution < -0.4 is 10.0 Å². The van der Waals surface area contributed by atoms with Crippen LogP contribution in [0.5, 0.6) is 0 Å². The van der Waals surface area contributed by atoms with Crippen molar-refractivity contribution in [1.82, 2.24) is 4.90 Å². The SMILES string of the molecule is CC1Cc2cc(S(N)(=O)=O)ccc2N1C(=O)CN(C)C1CCCCC1. The summed E-state index contributed by atoms with van der Waals surface area (Å²) in [5.74, 6) is 0.0719. The summed E-state index contributed by atoms with van der Waals surface area (Å²) in [4.78, 5) is 17.0. The molecule has 0 bridgehead atoms. The molecule has 1 atom stereocenters. The van der Waals surface area contributed by atoms with Crippen molar-refractivity contribution in [2.24, 2.45) is 5.14 Å². The summed E-state index contributed by atoms with van der Waals surface area (Å²) in [6.07, 6.45) is 6.74. The van der Waals surface area contributed by atoms with Crippen LogP contribution in [0.15, 0.2) is 23.1 Å². The number of rotatable bonds is 4. The lowest BCUT2D eigenvalue weighted by molar-refractivity contribution is -0.120. The first kappa shape index (κ1) is 18.4. The quantitative estimate of drug-likeness (QED) is 0.883. The number of amides is 1. The van der Waals surface area contributed by atoms with Gasteiger partial charge >= 0.3 is 0 Å². The number of primary sulfonamides is 1. The minimum Gasteiger partial charge on any atom is -0.308 e. The van der Waals surface area contributed by atoms with Crippen LogP contribution in [0.1, 0.15) is 44.6 Å². The molecule has 0 spiro atoms. The van der Waals surface area contributed by atoms with Crippen molar-refractivity contribution in [3.05, 3.63) is 23.8 Å². The first-order valence-corrected chi connectivity index (χ1v) is 10.5. The summed E-state index contributed by atoms with van der Waals surface area (Å²) in [6, 6.07) is 5.30. The van der Waals surface area contributed by atoms with E-state index in [1.165, 1.54) is 25.3 Å². The smallest absolute Gasteiger partial charge is 0.241 e. The van der Waals surface area contributed by atoms with Gasteiger partial charge in [-0.3, -0.25) is 9.69 Å². The lowest BCUT2D eigenvalue weighted by Gasteiger charge is -2.32. The molecule has 1 aromatic rings. The monoisotopic (exact) mass is 365 g/mol. The number of anilines is 1. The van der Waals surface area contributed by atoms with Crippen LogP contribution >= 0.6 is 0 Å². The molecule has 1 unspecified atom stereocenters. The van der Waals surface area contributed by atoms with Gasteiger partial charge in [0.25, 0.3) is 0 Å². The van der Waals surface area contributed by atoms with E-state index in [9.17, 15) is 13.2 Å². The fraction of sp³-hybridized carbons (Fsp3) is 0.611. The van der Waals surface area contributed by atoms with Crippen LogP contribution in [0, 0.1) is 0 Å². The predicted octanol–water partition coefficient (Wildman–Crippen LogP) is 1.88. The minimum atomic E-state index is -3.72. The fourth-order valence-electron chi connectivity index (χ4n) is 4.10. The van der Waals surface area contributed by atoms with Crippen LogP contribution in [-0.4, -0.2) is 44.9 Å². The zero-order chi connectivity index (χ0) is 18.2. The van der Waals surface area contributed by atoms with Gasteiger partial charge in [-0.15, -0.1) is 0 Å². The topological polar surface area (TPSA) is 83.7 Å². The zero-order valence-corrected chi connectivity index (χ0v) is 15.8. The van der Waals surface area contributed by atoms with Crippen LogP contribution in [0.3, 0.4) is 0 Å². The third-order valence-electron chi connectivity index (χ3n) is 5.45. The molecule has 1 aliphatic heterocycles. The fourth-order valence-corrected chi connectivity index (χ4v) is 4.67. The number of benzene rings is 1. The maximum Gasteiger partial charge on any atom is 0.241 e. The van der Waals surface area contributed by atoms with E-state index < -0.39 is 10.0 Å². The second-order valence-electron chi connectivity index (χ2n) is 7.36. The highest BCUT2D eigenvalue weighted by Gasteiger charge is 2.33. The minimum absolute atomic E-state index is 0.0259. The Labute approximate surface area is 150 Å². The van der Waals surface area contributed by atoms with Gasteiger partial charge in [-0.2, -0.15) is 0 Å². The summed E-state index contributed by atoms with van der Waals surface area (Å²) in [5.41, 5.74) is 1.68. The summed E-state index contributed by atoms with van der Waals surface area (Å²) in [5, 5.41) is 5.21. The van der Waals surface area contributed by atoms with Crippen molar-refractivity contribution in [3.8, 4) is 0 Å². The largest absolute Gasteiger partial charge is 0.308 e. The summed E-state index contributed by atoms with van der Waals surface area (Å²) in [7, 11) is -1.70.